The standard InChI is InChI=1S/C15H13ClN4O4/c1-23-13(21)10-11(8-3-5-9(16)6-4-8)19-15-17-7-18-20(15)12(10)14(22)24-2/h3-7,11H,1-2H3,(H,17,18,19). The van der Waals surface area contributed by atoms with Gasteiger partial charge >= 0.3 is 11.9 Å². The number of hydrogen-bond donors (Lipinski definition) is 1. The van der Waals surface area contributed by atoms with Gasteiger partial charge in [-0.15, -0.1) is 0 Å². The molecular formula is C15H13ClN4O4. The van der Waals surface area contributed by atoms with Gasteiger partial charge in [0.1, 0.15) is 6.33 Å². The summed E-state index contributed by atoms with van der Waals surface area (Å²) >= 11 is 5.92. The highest BCUT2D eigenvalue weighted by Gasteiger charge is 2.38. The lowest BCUT2D eigenvalue weighted by atomic mass is 9.95. The van der Waals surface area contributed by atoms with Gasteiger partial charge in [0.2, 0.25) is 5.95 Å². The fraction of sp³-hybridized carbons (Fsp3) is 0.200. The molecule has 0 saturated carbocycles. The maximum atomic E-state index is 12.4. The molecule has 9 heteroatoms. The number of halogens is 1. The van der Waals surface area contributed by atoms with Crippen LogP contribution in [0.1, 0.15) is 11.6 Å². The summed E-state index contributed by atoms with van der Waals surface area (Å²) in [5.41, 5.74) is 0.732. The topological polar surface area (TPSA) is 95.3 Å². The van der Waals surface area contributed by atoms with Gasteiger partial charge in [0.25, 0.3) is 0 Å². The van der Waals surface area contributed by atoms with E-state index >= 15 is 0 Å². The second-order valence-corrected chi connectivity index (χ2v) is 5.31. The number of hydrogen-bond acceptors (Lipinski definition) is 7. The van der Waals surface area contributed by atoms with Crippen LogP contribution in [-0.4, -0.2) is 40.9 Å². The third kappa shape index (κ3) is 2.61. The number of esters is 2. The molecule has 1 aliphatic rings. The maximum absolute atomic E-state index is 12.4. The molecule has 2 aromatic rings. The molecule has 0 amide bonds. The highest BCUT2D eigenvalue weighted by Crippen LogP contribution is 2.36. The molecule has 124 valence electrons. The van der Waals surface area contributed by atoms with Gasteiger partial charge in [-0.1, -0.05) is 23.7 Å². The summed E-state index contributed by atoms with van der Waals surface area (Å²) in [6.07, 6.45) is 1.27. The van der Waals surface area contributed by atoms with Crippen LogP contribution in [0.3, 0.4) is 0 Å². The molecule has 0 bridgehead atoms. The molecule has 0 radical (unpaired) electrons. The Morgan fingerprint density at radius 3 is 2.46 bits per heavy atom. The Hall–Kier alpha value is -2.87. The van der Waals surface area contributed by atoms with Crippen molar-refractivity contribution in [1.82, 2.24) is 14.8 Å². The lowest BCUT2D eigenvalue weighted by molar-refractivity contribution is -0.138. The number of carbonyl (C=O) groups is 2. The van der Waals surface area contributed by atoms with Gasteiger partial charge in [-0.3, -0.25) is 0 Å². The molecule has 1 aromatic heterocycles. The Morgan fingerprint density at radius 1 is 1.17 bits per heavy atom. The number of ether oxygens (including phenoxy) is 2. The Balaban J connectivity index is 2.23. The molecule has 0 saturated heterocycles. The van der Waals surface area contributed by atoms with Gasteiger partial charge in [0.15, 0.2) is 5.70 Å². The predicted octanol–water partition coefficient (Wildman–Crippen LogP) is 1.66. The number of benzene rings is 1. The normalized spacial score (nSPS) is 16.2. The van der Waals surface area contributed by atoms with E-state index in [1.54, 1.807) is 24.3 Å². The zero-order chi connectivity index (χ0) is 17.3. The molecule has 1 aromatic carbocycles. The van der Waals surface area contributed by atoms with Gasteiger partial charge < -0.3 is 14.8 Å². The minimum atomic E-state index is -0.720. The number of aromatic nitrogens is 3. The molecule has 1 aliphatic heterocycles. The van der Waals surface area contributed by atoms with Crippen LogP contribution in [0.25, 0.3) is 5.70 Å². The highest BCUT2D eigenvalue weighted by atomic mass is 35.5. The number of nitrogens with one attached hydrogen (secondary N) is 1. The van der Waals surface area contributed by atoms with E-state index in [0.29, 0.717) is 16.5 Å². The van der Waals surface area contributed by atoms with Crippen molar-refractivity contribution < 1.29 is 19.1 Å². The largest absolute Gasteiger partial charge is 0.466 e. The Labute approximate surface area is 142 Å². The van der Waals surface area contributed by atoms with E-state index in [4.69, 9.17) is 21.1 Å². The molecule has 8 nitrogen and oxygen atoms in total. The quantitative estimate of drug-likeness (QED) is 0.842. The summed E-state index contributed by atoms with van der Waals surface area (Å²) in [6.45, 7) is 0. The van der Waals surface area contributed by atoms with Crippen LogP contribution in [0, 0.1) is 0 Å². The van der Waals surface area contributed by atoms with Gasteiger partial charge in [-0.05, 0) is 17.7 Å². The molecule has 0 aliphatic carbocycles. The molecule has 0 spiro atoms. The van der Waals surface area contributed by atoms with Crippen molar-refractivity contribution in [2.75, 3.05) is 19.5 Å². The molecule has 0 fully saturated rings. The minimum Gasteiger partial charge on any atom is -0.466 e. The second kappa shape index (κ2) is 6.32. The van der Waals surface area contributed by atoms with Gasteiger partial charge in [0.05, 0.1) is 25.8 Å². The van der Waals surface area contributed by atoms with E-state index in [1.807, 2.05) is 0 Å². The summed E-state index contributed by atoms with van der Waals surface area (Å²) in [4.78, 5) is 28.7. The number of anilines is 1. The maximum Gasteiger partial charge on any atom is 0.357 e. The van der Waals surface area contributed by atoms with E-state index in [2.05, 4.69) is 15.4 Å². The van der Waals surface area contributed by atoms with E-state index in [0.717, 1.165) is 0 Å². The average Bonchev–Trinajstić information content (AvgIpc) is 3.07. The minimum absolute atomic E-state index is 0.0458. The Morgan fingerprint density at radius 2 is 1.83 bits per heavy atom. The Bertz CT molecular complexity index is 828. The molecule has 1 unspecified atom stereocenters. The molecule has 1 N–H and O–H groups in total. The summed E-state index contributed by atoms with van der Waals surface area (Å²) in [5, 5.41) is 7.59. The van der Waals surface area contributed by atoms with Crippen molar-refractivity contribution in [3.8, 4) is 0 Å². The fourth-order valence-corrected chi connectivity index (χ4v) is 2.60. The van der Waals surface area contributed by atoms with Crippen LogP contribution in [0.15, 0.2) is 36.2 Å². The molecule has 1 atom stereocenters. The van der Waals surface area contributed by atoms with E-state index in [-0.39, 0.29) is 11.3 Å². The summed E-state index contributed by atoms with van der Waals surface area (Å²) in [5.74, 6) is -1.09. The Kier molecular flexibility index (Phi) is 4.22. The van der Waals surface area contributed by atoms with Gasteiger partial charge in [-0.2, -0.15) is 14.8 Å². The first-order valence-corrected chi connectivity index (χ1v) is 7.27. The molecule has 2 heterocycles. The monoisotopic (exact) mass is 348 g/mol. The lowest BCUT2D eigenvalue weighted by Gasteiger charge is -2.28. The first kappa shape index (κ1) is 16.0. The fourth-order valence-electron chi connectivity index (χ4n) is 2.48. The third-order valence-corrected chi connectivity index (χ3v) is 3.82. The second-order valence-electron chi connectivity index (χ2n) is 4.87. The van der Waals surface area contributed by atoms with Gasteiger partial charge in [0, 0.05) is 5.02 Å². The van der Waals surface area contributed by atoms with Crippen LogP contribution in [0.5, 0.6) is 0 Å². The average molecular weight is 349 g/mol. The summed E-state index contributed by atoms with van der Waals surface area (Å²) in [6, 6.07) is 6.18. The van der Waals surface area contributed by atoms with Crippen molar-refractivity contribution in [1.29, 1.82) is 0 Å². The highest BCUT2D eigenvalue weighted by molar-refractivity contribution is 6.30. The van der Waals surface area contributed by atoms with Gasteiger partial charge in [-0.25, -0.2) is 9.59 Å². The SMILES string of the molecule is COC(=O)C1=C(C(=O)OC)n2ncnc2NC1c1ccc(Cl)cc1. The van der Waals surface area contributed by atoms with Crippen LogP contribution in [0.2, 0.25) is 5.02 Å². The van der Waals surface area contributed by atoms with Crippen molar-refractivity contribution in [2.45, 2.75) is 6.04 Å². The zero-order valence-corrected chi connectivity index (χ0v) is 13.6. The predicted molar refractivity (Wildman–Crippen MR) is 85.1 cm³/mol. The number of nitrogens with zero attached hydrogens (tertiary/aromatic N) is 3. The van der Waals surface area contributed by atoms with Crippen molar-refractivity contribution in [2.24, 2.45) is 0 Å². The van der Waals surface area contributed by atoms with Crippen LogP contribution < -0.4 is 5.32 Å². The number of fused-ring (bicyclic) bond motifs is 1. The molecule has 24 heavy (non-hydrogen) atoms. The van der Waals surface area contributed by atoms with Crippen molar-refractivity contribution in [3.63, 3.8) is 0 Å². The van der Waals surface area contributed by atoms with E-state index in [9.17, 15) is 9.59 Å². The summed E-state index contributed by atoms with van der Waals surface area (Å²) < 4.78 is 10.9. The first-order valence-electron chi connectivity index (χ1n) is 6.90. The number of carbonyl (C=O) groups excluding carboxylic acids is 2. The van der Waals surface area contributed by atoms with Crippen LogP contribution in [0.4, 0.5) is 5.95 Å². The first-order chi connectivity index (χ1) is 11.6. The van der Waals surface area contributed by atoms with Crippen LogP contribution >= 0.6 is 11.6 Å². The van der Waals surface area contributed by atoms with Crippen LogP contribution in [-0.2, 0) is 19.1 Å². The molecular weight excluding hydrogens is 336 g/mol. The summed E-state index contributed by atoms with van der Waals surface area (Å²) in [7, 11) is 2.46. The zero-order valence-electron chi connectivity index (χ0n) is 12.8. The lowest BCUT2D eigenvalue weighted by Crippen LogP contribution is -2.32. The smallest absolute Gasteiger partial charge is 0.357 e. The van der Waals surface area contributed by atoms with Crippen molar-refractivity contribution in [3.05, 3.63) is 46.8 Å². The van der Waals surface area contributed by atoms with E-state index < -0.39 is 18.0 Å². The number of rotatable bonds is 3. The van der Waals surface area contributed by atoms with E-state index in [1.165, 1.54) is 25.2 Å². The molecule has 3 rings (SSSR count). The van der Waals surface area contributed by atoms with Crippen molar-refractivity contribution >= 4 is 35.2 Å². The number of methoxy groups -OCH3 is 2. The third-order valence-electron chi connectivity index (χ3n) is 3.56.